The molecular formula is C11H20N2. The molecule has 2 fully saturated rings. The fourth-order valence-corrected chi connectivity index (χ4v) is 2.25. The molecule has 1 N–H and O–H groups in total. The van der Waals surface area contributed by atoms with Crippen molar-refractivity contribution in [2.45, 2.75) is 44.9 Å². The molecule has 13 heavy (non-hydrogen) atoms. The first-order valence-electron chi connectivity index (χ1n) is 5.68. The number of nitrogens with one attached hydrogen (secondary N) is 1. The van der Waals surface area contributed by atoms with Crippen LogP contribution in [0.1, 0.15) is 44.9 Å². The maximum atomic E-state index is 7.79. The molecule has 0 unspecified atom stereocenters. The summed E-state index contributed by atoms with van der Waals surface area (Å²) in [5.41, 5.74) is 0. The Morgan fingerprint density at radius 3 is 2.69 bits per heavy atom. The van der Waals surface area contributed by atoms with E-state index in [0.717, 1.165) is 31.3 Å². The third-order valence-electron chi connectivity index (χ3n) is 3.51. The van der Waals surface area contributed by atoms with Gasteiger partial charge in [0.05, 0.1) is 5.84 Å². The van der Waals surface area contributed by atoms with Gasteiger partial charge in [0, 0.05) is 19.5 Å². The minimum absolute atomic E-state index is 0.894. The van der Waals surface area contributed by atoms with E-state index in [2.05, 4.69) is 4.90 Å². The number of likely N-dealkylation sites (tertiary alicyclic amines) is 1. The molecule has 2 rings (SSSR count). The first kappa shape index (κ1) is 9.04. The van der Waals surface area contributed by atoms with Crippen LogP contribution >= 0.6 is 0 Å². The van der Waals surface area contributed by atoms with Crippen molar-refractivity contribution >= 4 is 5.84 Å². The standard InChI is InChI=1S/C11H20N2/c12-11-6-1-2-8-13(11)9-7-10-4-3-5-10/h10,12H,1-9H2. The summed E-state index contributed by atoms with van der Waals surface area (Å²) in [6, 6.07) is 0. The van der Waals surface area contributed by atoms with E-state index in [1.165, 1.54) is 38.5 Å². The predicted octanol–water partition coefficient (Wildman–Crippen LogP) is 2.64. The van der Waals surface area contributed by atoms with Crippen LogP contribution in [-0.2, 0) is 0 Å². The second kappa shape index (κ2) is 4.12. The number of hydrogen-bond donors (Lipinski definition) is 1. The molecule has 74 valence electrons. The summed E-state index contributed by atoms with van der Waals surface area (Å²) in [5.74, 6) is 1.89. The van der Waals surface area contributed by atoms with Crippen LogP contribution in [0.2, 0.25) is 0 Å². The molecule has 0 aromatic heterocycles. The molecule has 0 bridgehead atoms. The molecular weight excluding hydrogens is 160 g/mol. The number of rotatable bonds is 3. The van der Waals surface area contributed by atoms with Gasteiger partial charge in [-0.25, -0.2) is 0 Å². The lowest BCUT2D eigenvalue weighted by Gasteiger charge is -2.33. The lowest BCUT2D eigenvalue weighted by Crippen LogP contribution is -2.36. The summed E-state index contributed by atoms with van der Waals surface area (Å²) in [7, 11) is 0. The van der Waals surface area contributed by atoms with Gasteiger partial charge in [0.2, 0.25) is 0 Å². The van der Waals surface area contributed by atoms with E-state index in [9.17, 15) is 0 Å². The first-order valence-corrected chi connectivity index (χ1v) is 5.68. The van der Waals surface area contributed by atoms with Gasteiger partial charge in [-0.2, -0.15) is 0 Å². The molecule has 2 aliphatic rings. The summed E-state index contributed by atoms with van der Waals surface area (Å²) < 4.78 is 0. The van der Waals surface area contributed by atoms with Gasteiger partial charge >= 0.3 is 0 Å². The Morgan fingerprint density at radius 2 is 2.08 bits per heavy atom. The molecule has 0 atom stereocenters. The third kappa shape index (κ3) is 2.23. The second-order valence-electron chi connectivity index (χ2n) is 4.48. The minimum Gasteiger partial charge on any atom is -0.361 e. The molecule has 2 heteroatoms. The van der Waals surface area contributed by atoms with Crippen molar-refractivity contribution in [3.63, 3.8) is 0 Å². The molecule has 0 amide bonds. The summed E-state index contributed by atoms with van der Waals surface area (Å²) in [4.78, 5) is 2.29. The zero-order valence-corrected chi connectivity index (χ0v) is 8.39. The van der Waals surface area contributed by atoms with E-state index < -0.39 is 0 Å². The van der Waals surface area contributed by atoms with E-state index in [0.29, 0.717) is 0 Å². The van der Waals surface area contributed by atoms with E-state index in [1.807, 2.05) is 0 Å². The van der Waals surface area contributed by atoms with Gasteiger partial charge in [-0.05, 0) is 25.2 Å². The second-order valence-corrected chi connectivity index (χ2v) is 4.48. The molecule has 1 heterocycles. The largest absolute Gasteiger partial charge is 0.361 e. The number of hydrogen-bond acceptors (Lipinski definition) is 1. The summed E-state index contributed by atoms with van der Waals surface area (Å²) >= 11 is 0. The van der Waals surface area contributed by atoms with Gasteiger partial charge in [0.15, 0.2) is 0 Å². The van der Waals surface area contributed by atoms with Gasteiger partial charge in [-0.3, -0.25) is 5.41 Å². The van der Waals surface area contributed by atoms with Crippen LogP contribution in [0.25, 0.3) is 0 Å². The van der Waals surface area contributed by atoms with Crippen LogP contribution < -0.4 is 0 Å². The van der Waals surface area contributed by atoms with Crippen molar-refractivity contribution in [2.75, 3.05) is 13.1 Å². The van der Waals surface area contributed by atoms with Gasteiger partial charge in [-0.1, -0.05) is 19.3 Å². The fraction of sp³-hybridized carbons (Fsp3) is 0.909. The molecule has 2 nitrogen and oxygen atoms in total. The Balaban J connectivity index is 1.69. The van der Waals surface area contributed by atoms with Gasteiger partial charge in [0.1, 0.15) is 0 Å². The van der Waals surface area contributed by atoms with Crippen LogP contribution in [0.5, 0.6) is 0 Å². The van der Waals surface area contributed by atoms with Crippen LogP contribution in [0.15, 0.2) is 0 Å². The highest BCUT2D eigenvalue weighted by Gasteiger charge is 2.20. The Kier molecular flexibility index (Phi) is 2.87. The SMILES string of the molecule is N=C1CCCCN1CCC1CCC1. The van der Waals surface area contributed by atoms with Crippen molar-refractivity contribution in [1.29, 1.82) is 5.41 Å². The van der Waals surface area contributed by atoms with Crippen molar-refractivity contribution in [1.82, 2.24) is 4.90 Å². The fourth-order valence-electron chi connectivity index (χ4n) is 2.25. The lowest BCUT2D eigenvalue weighted by molar-refractivity contribution is 0.254. The molecule has 1 saturated carbocycles. The van der Waals surface area contributed by atoms with Crippen molar-refractivity contribution in [2.24, 2.45) is 5.92 Å². The number of piperidine rings is 1. The maximum Gasteiger partial charge on any atom is 0.0957 e. The third-order valence-corrected chi connectivity index (χ3v) is 3.51. The van der Waals surface area contributed by atoms with E-state index in [-0.39, 0.29) is 0 Å². The number of amidine groups is 1. The Hall–Kier alpha value is -0.530. The quantitative estimate of drug-likeness (QED) is 0.710. The zero-order chi connectivity index (χ0) is 9.10. The smallest absolute Gasteiger partial charge is 0.0957 e. The monoisotopic (exact) mass is 180 g/mol. The van der Waals surface area contributed by atoms with Crippen LogP contribution in [-0.4, -0.2) is 23.8 Å². The van der Waals surface area contributed by atoms with Crippen LogP contribution in [0.4, 0.5) is 0 Å². The van der Waals surface area contributed by atoms with Crippen LogP contribution in [0, 0.1) is 11.3 Å². The Morgan fingerprint density at radius 1 is 1.23 bits per heavy atom. The average Bonchev–Trinajstić information content (AvgIpc) is 2.05. The Bertz CT molecular complexity index is 185. The maximum absolute atomic E-state index is 7.79. The van der Waals surface area contributed by atoms with Crippen molar-refractivity contribution in [3.05, 3.63) is 0 Å². The van der Waals surface area contributed by atoms with Crippen molar-refractivity contribution < 1.29 is 0 Å². The zero-order valence-electron chi connectivity index (χ0n) is 8.39. The van der Waals surface area contributed by atoms with E-state index in [1.54, 1.807) is 0 Å². The molecule has 0 radical (unpaired) electrons. The highest BCUT2D eigenvalue weighted by molar-refractivity contribution is 5.79. The minimum atomic E-state index is 0.894. The number of nitrogens with zero attached hydrogens (tertiary/aromatic N) is 1. The van der Waals surface area contributed by atoms with Gasteiger partial charge in [0.25, 0.3) is 0 Å². The molecule has 0 aromatic rings. The van der Waals surface area contributed by atoms with Gasteiger partial charge < -0.3 is 4.90 Å². The summed E-state index contributed by atoms with van der Waals surface area (Å²) in [5, 5.41) is 7.79. The molecule has 0 spiro atoms. The predicted molar refractivity (Wildman–Crippen MR) is 55.1 cm³/mol. The molecule has 0 aromatic carbocycles. The highest BCUT2D eigenvalue weighted by Crippen LogP contribution is 2.29. The van der Waals surface area contributed by atoms with Crippen LogP contribution in [0.3, 0.4) is 0 Å². The highest BCUT2D eigenvalue weighted by atomic mass is 15.2. The molecule has 1 saturated heterocycles. The average molecular weight is 180 g/mol. The molecule has 1 aliphatic heterocycles. The summed E-state index contributed by atoms with van der Waals surface area (Å²) in [6.07, 6.45) is 9.23. The molecule has 1 aliphatic carbocycles. The summed E-state index contributed by atoms with van der Waals surface area (Å²) in [6.45, 7) is 2.30. The topological polar surface area (TPSA) is 27.1 Å². The first-order chi connectivity index (χ1) is 6.36. The van der Waals surface area contributed by atoms with E-state index in [4.69, 9.17) is 5.41 Å². The van der Waals surface area contributed by atoms with Gasteiger partial charge in [-0.15, -0.1) is 0 Å². The Labute approximate surface area is 80.8 Å². The van der Waals surface area contributed by atoms with E-state index >= 15 is 0 Å². The normalized spacial score (nSPS) is 24.6. The van der Waals surface area contributed by atoms with Crippen molar-refractivity contribution in [3.8, 4) is 0 Å². The lowest BCUT2D eigenvalue weighted by atomic mass is 9.83.